The predicted octanol–water partition coefficient (Wildman–Crippen LogP) is 2.08. The molecule has 0 aromatic carbocycles. The number of rotatable bonds is 7. The van der Waals surface area contributed by atoms with Gasteiger partial charge >= 0.3 is 0 Å². The number of nitrogen functional groups attached to an aromatic ring is 1. The molecule has 0 aliphatic carbocycles. The number of anilines is 1. The second-order valence-electron chi connectivity index (χ2n) is 3.81. The van der Waals surface area contributed by atoms with Gasteiger partial charge in [-0.15, -0.1) is 0 Å². The molecule has 1 heterocycles. The molecule has 0 aliphatic rings. The second-order valence-corrected chi connectivity index (χ2v) is 3.81. The van der Waals surface area contributed by atoms with Crippen LogP contribution in [0.5, 0.6) is 0 Å². The van der Waals surface area contributed by atoms with Gasteiger partial charge in [-0.1, -0.05) is 13.3 Å². The van der Waals surface area contributed by atoms with Gasteiger partial charge in [0.1, 0.15) is 11.9 Å². The van der Waals surface area contributed by atoms with E-state index in [0.717, 1.165) is 18.5 Å². The zero-order chi connectivity index (χ0) is 12.7. The van der Waals surface area contributed by atoms with E-state index in [1.54, 1.807) is 13.2 Å². The summed E-state index contributed by atoms with van der Waals surface area (Å²) in [5.74, 6) is 1.11. The van der Waals surface area contributed by atoms with Gasteiger partial charge in [0.25, 0.3) is 0 Å². The number of nitrogens with two attached hydrogens (primary N) is 1. The van der Waals surface area contributed by atoms with Crippen LogP contribution in [0.15, 0.2) is 6.07 Å². The first-order valence-corrected chi connectivity index (χ1v) is 5.95. The van der Waals surface area contributed by atoms with Crippen LogP contribution in [0, 0.1) is 0 Å². The van der Waals surface area contributed by atoms with Crippen LogP contribution in [-0.4, -0.2) is 23.7 Å². The number of methoxy groups -OCH3 is 1. The normalized spacial score (nSPS) is 12.6. The Balaban J connectivity index is 2.92. The molecule has 5 nitrogen and oxygen atoms in total. The standard InChI is InChI=1S/C12H21N3O2/c1-4-6-10(17-5-2)12-14-9(8-16-3)7-11(13)15-12/h7,10H,4-6,8H2,1-3H3,(H2,13,14,15). The number of nitrogens with zero attached hydrogens (tertiary/aromatic N) is 2. The molecule has 1 atom stereocenters. The zero-order valence-electron chi connectivity index (χ0n) is 10.8. The smallest absolute Gasteiger partial charge is 0.159 e. The fourth-order valence-electron chi connectivity index (χ4n) is 1.66. The summed E-state index contributed by atoms with van der Waals surface area (Å²) in [6.07, 6.45) is 1.83. The molecule has 1 rings (SSSR count). The molecule has 1 aromatic heterocycles. The summed E-state index contributed by atoms with van der Waals surface area (Å²) in [5, 5.41) is 0. The maximum atomic E-state index is 5.76. The minimum Gasteiger partial charge on any atom is -0.384 e. The van der Waals surface area contributed by atoms with Crippen molar-refractivity contribution in [1.82, 2.24) is 9.97 Å². The highest BCUT2D eigenvalue weighted by atomic mass is 16.5. The Morgan fingerprint density at radius 2 is 2.12 bits per heavy atom. The largest absolute Gasteiger partial charge is 0.384 e. The molecule has 0 saturated heterocycles. The van der Waals surface area contributed by atoms with Gasteiger partial charge in [0.15, 0.2) is 5.82 Å². The molecular formula is C12H21N3O2. The molecule has 0 aliphatic heterocycles. The molecule has 1 unspecified atom stereocenters. The lowest BCUT2D eigenvalue weighted by atomic mass is 10.2. The average molecular weight is 239 g/mol. The molecule has 0 radical (unpaired) electrons. The highest BCUT2D eigenvalue weighted by Gasteiger charge is 2.15. The van der Waals surface area contributed by atoms with Crippen molar-refractivity contribution in [3.63, 3.8) is 0 Å². The van der Waals surface area contributed by atoms with E-state index in [9.17, 15) is 0 Å². The van der Waals surface area contributed by atoms with Gasteiger partial charge in [-0.05, 0) is 13.3 Å². The molecule has 96 valence electrons. The Morgan fingerprint density at radius 3 is 2.71 bits per heavy atom. The van der Waals surface area contributed by atoms with Crippen molar-refractivity contribution >= 4 is 5.82 Å². The first-order chi connectivity index (χ1) is 8.21. The quantitative estimate of drug-likeness (QED) is 0.788. The number of hydrogen-bond acceptors (Lipinski definition) is 5. The van der Waals surface area contributed by atoms with E-state index in [1.165, 1.54) is 0 Å². The molecule has 0 fully saturated rings. The first-order valence-electron chi connectivity index (χ1n) is 5.95. The minimum absolute atomic E-state index is 0.0795. The summed E-state index contributed by atoms with van der Waals surface area (Å²) < 4.78 is 10.7. The summed E-state index contributed by atoms with van der Waals surface area (Å²) >= 11 is 0. The van der Waals surface area contributed by atoms with Gasteiger partial charge < -0.3 is 15.2 Å². The summed E-state index contributed by atoms with van der Waals surface area (Å²) in [7, 11) is 1.63. The number of ether oxygens (including phenoxy) is 2. The summed E-state index contributed by atoms with van der Waals surface area (Å²) in [5.41, 5.74) is 6.55. The minimum atomic E-state index is -0.0795. The van der Waals surface area contributed by atoms with Crippen LogP contribution in [0.3, 0.4) is 0 Å². The van der Waals surface area contributed by atoms with E-state index in [-0.39, 0.29) is 6.10 Å². The van der Waals surface area contributed by atoms with Crippen LogP contribution in [0.4, 0.5) is 5.82 Å². The summed E-state index contributed by atoms with van der Waals surface area (Å²) in [6, 6.07) is 1.72. The van der Waals surface area contributed by atoms with Crippen LogP contribution in [0.25, 0.3) is 0 Å². The van der Waals surface area contributed by atoms with Crippen molar-refractivity contribution < 1.29 is 9.47 Å². The van der Waals surface area contributed by atoms with Gasteiger partial charge in [-0.25, -0.2) is 9.97 Å². The van der Waals surface area contributed by atoms with E-state index in [4.69, 9.17) is 15.2 Å². The number of hydrogen-bond donors (Lipinski definition) is 1. The lowest BCUT2D eigenvalue weighted by molar-refractivity contribution is 0.0490. The average Bonchev–Trinajstić information content (AvgIpc) is 2.28. The van der Waals surface area contributed by atoms with Crippen LogP contribution in [0.1, 0.15) is 44.3 Å². The van der Waals surface area contributed by atoms with Gasteiger partial charge in [-0.2, -0.15) is 0 Å². The Hall–Kier alpha value is -1.20. The van der Waals surface area contributed by atoms with Crippen molar-refractivity contribution in [3.05, 3.63) is 17.6 Å². The zero-order valence-corrected chi connectivity index (χ0v) is 10.8. The maximum absolute atomic E-state index is 5.76. The van der Waals surface area contributed by atoms with Crippen LogP contribution >= 0.6 is 0 Å². The molecular weight excluding hydrogens is 218 g/mol. The molecule has 1 aromatic rings. The van der Waals surface area contributed by atoms with E-state index >= 15 is 0 Å². The molecule has 17 heavy (non-hydrogen) atoms. The Morgan fingerprint density at radius 1 is 1.35 bits per heavy atom. The molecule has 5 heteroatoms. The van der Waals surface area contributed by atoms with Gasteiger partial charge in [0.2, 0.25) is 0 Å². The van der Waals surface area contributed by atoms with Crippen molar-refractivity contribution in [2.24, 2.45) is 0 Å². The van der Waals surface area contributed by atoms with Crippen molar-refractivity contribution in [1.29, 1.82) is 0 Å². The molecule has 0 amide bonds. The van der Waals surface area contributed by atoms with Crippen molar-refractivity contribution in [3.8, 4) is 0 Å². The van der Waals surface area contributed by atoms with E-state index in [2.05, 4.69) is 16.9 Å². The fourth-order valence-corrected chi connectivity index (χ4v) is 1.66. The van der Waals surface area contributed by atoms with E-state index in [0.29, 0.717) is 24.9 Å². The van der Waals surface area contributed by atoms with Crippen LogP contribution < -0.4 is 5.73 Å². The third kappa shape index (κ3) is 4.28. The highest BCUT2D eigenvalue weighted by Crippen LogP contribution is 2.20. The Bertz CT molecular complexity index is 339. The predicted molar refractivity (Wildman–Crippen MR) is 66.4 cm³/mol. The maximum Gasteiger partial charge on any atom is 0.159 e. The number of aromatic nitrogens is 2. The Labute approximate surface area is 102 Å². The molecule has 0 spiro atoms. The topological polar surface area (TPSA) is 70.3 Å². The third-order valence-electron chi connectivity index (χ3n) is 2.32. The summed E-state index contributed by atoms with van der Waals surface area (Å²) in [6.45, 7) is 5.15. The summed E-state index contributed by atoms with van der Waals surface area (Å²) in [4.78, 5) is 8.66. The highest BCUT2D eigenvalue weighted by molar-refractivity contribution is 5.30. The lowest BCUT2D eigenvalue weighted by Gasteiger charge is -2.15. The van der Waals surface area contributed by atoms with E-state index in [1.807, 2.05) is 6.92 Å². The first kappa shape index (κ1) is 13.9. The monoisotopic (exact) mass is 239 g/mol. The third-order valence-corrected chi connectivity index (χ3v) is 2.32. The second kappa shape index (κ2) is 7.19. The van der Waals surface area contributed by atoms with Crippen molar-refractivity contribution in [2.45, 2.75) is 39.4 Å². The Kier molecular flexibility index (Phi) is 5.86. The fraction of sp³-hybridized carbons (Fsp3) is 0.667. The van der Waals surface area contributed by atoms with Gasteiger partial charge in [0.05, 0.1) is 12.3 Å². The SMILES string of the molecule is CCCC(OCC)c1nc(N)cc(COC)n1. The van der Waals surface area contributed by atoms with Crippen molar-refractivity contribution in [2.75, 3.05) is 19.5 Å². The van der Waals surface area contributed by atoms with Gasteiger partial charge in [0, 0.05) is 19.8 Å². The van der Waals surface area contributed by atoms with Gasteiger partial charge in [-0.3, -0.25) is 0 Å². The van der Waals surface area contributed by atoms with Crippen LogP contribution in [0.2, 0.25) is 0 Å². The molecule has 0 bridgehead atoms. The lowest BCUT2D eigenvalue weighted by Crippen LogP contribution is -2.12. The van der Waals surface area contributed by atoms with E-state index < -0.39 is 0 Å². The molecule has 0 saturated carbocycles. The molecule has 2 N–H and O–H groups in total. The van der Waals surface area contributed by atoms with Crippen LogP contribution in [-0.2, 0) is 16.1 Å².